The molecule has 106 valence electrons. The van der Waals surface area contributed by atoms with Crippen molar-refractivity contribution in [2.45, 2.75) is 24.8 Å². The summed E-state index contributed by atoms with van der Waals surface area (Å²) in [5.41, 5.74) is 1.41. The number of carbonyl (C=O) groups excluding carboxylic acids is 1. The zero-order valence-electron chi connectivity index (χ0n) is 10.5. The summed E-state index contributed by atoms with van der Waals surface area (Å²) in [6.07, 6.45) is 1.21. The minimum absolute atomic E-state index is 0.0605. The van der Waals surface area contributed by atoms with Gasteiger partial charge in [-0.1, -0.05) is 0 Å². The molecule has 1 saturated heterocycles. The topological polar surface area (TPSA) is 46.9 Å². The third kappa shape index (κ3) is 2.31. The summed E-state index contributed by atoms with van der Waals surface area (Å²) < 4.78 is 16.0. The molecule has 3 rings (SSSR count). The van der Waals surface area contributed by atoms with Crippen LogP contribution in [-0.2, 0) is 10.7 Å². The van der Waals surface area contributed by atoms with E-state index in [-0.39, 0.29) is 23.6 Å². The first kappa shape index (κ1) is 13.8. The summed E-state index contributed by atoms with van der Waals surface area (Å²) in [7, 11) is 0. The van der Waals surface area contributed by atoms with Crippen LogP contribution in [0.15, 0.2) is 16.6 Å². The Labute approximate surface area is 128 Å². The number of imidazole rings is 1. The van der Waals surface area contributed by atoms with Gasteiger partial charge in [0.15, 0.2) is 0 Å². The van der Waals surface area contributed by atoms with Gasteiger partial charge >= 0.3 is 0 Å². The van der Waals surface area contributed by atoms with Crippen LogP contribution < -0.4 is 5.32 Å². The number of nitrogens with one attached hydrogen (secondary N) is 1. The predicted molar refractivity (Wildman–Crippen MR) is 78.2 cm³/mol. The molecule has 0 spiro atoms. The van der Waals surface area contributed by atoms with Gasteiger partial charge < -0.3 is 9.88 Å². The fraction of sp³-hybridized carbons (Fsp3) is 0.385. The van der Waals surface area contributed by atoms with Gasteiger partial charge in [0, 0.05) is 19.0 Å². The second-order valence-corrected chi connectivity index (χ2v) is 5.90. The highest BCUT2D eigenvalue weighted by molar-refractivity contribution is 9.10. The van der Waals surface area contributed by atoms with Crippen molar-refractivity contribution in [2.75, 3.05) is 6.54 Å². The molecule has 1 aliphatic rings. The lowest BCUT2D eigenvalue weighted by Crippen LogP contribution is -2.36. The highest BCUT2D eigenvalue weighted by Crippen LogP contribution is 2.30. The van der Waals surface area contributed by atoms with E-state index in [9.17, 15) is 9.18 Å². The lowest BCUT2D eigenvalue weighted by molar-refractivity contribution is -0.122. The van der Waals surface area contributed by atoms with Crippen LogP contribution in [0.4, 0.5) is 4.39 Å². The van der Waals surface area contributed by atoms with E-state index in [2.05, 4.69) is 26.2 Å². The molecule has 0 aliphatic carbocycles. The van der Waals surface area contributed by atoms with Crippen molar-refractivity contribution in [3.8, 4) is 0 Å². The molecule has 4 nitrogen and oxygen atoms in total. The van der Waals surface area contributed by atoms with Crippen molar-refractivity contribution < 1.29 is 9.18 Å². The minimum Gasteiger partial charge on any atom is -0.354 e. The molecule has 1 atom stereocenters. The molecule has 7 heteroatoms. The molecule has 0 radical (unpaired) electrons. The normalized spacial score (nSPS) is 19.4. The van der Waals surface area contributed by atoms with Gasteiger partial charge in [0.2, 0.25) is 5.91 Å². The lowest BCUT2D eigenvalue weighted by atomic mass is 10.1. The van der Waals surface area contributed by atoms with E-state index in [1.807, 2.05) is 4.57 Å². The van der Waals surface area contributed by atoms with Crippen LogP contribution in [0.3, 0.4) is 0 Å². The molecule has 1 unspecified atom stereocenters. The molecule has 1 N–H and O–H groups in total. The largest absolute Gasteiger partial charge is 0.354 e. The molecule has 1 aliphatic heterocycles. The molecule has 0 bridgehead atoms. The zero-order chi connectivity index (χ0) is 14.3. The van der Waals surface area contributed by atoms with Gasteiger partial charge in [-0.3, -0.25) is 4.79 Å². The second-order valence-electron chi connectivity index (χ2n) is 4.78. The summed E-state index contributed by atoms with van der Waals surface area (Å²) in [6.45, 7) is 0.545. The Morgan fingerprint density at radius 3 is 3.00 bits per heavy atom. The first-order chi connectivity index (χ1) is 9.60. The summed E-state index contributed by atoms with van der Waals surface area (Å²) in [5.74, 6) is 0.657. The number of piperidine rings is 1. The number of aromatic nitrogens is 2. The van der Waals surface area contributed by atoms with Crippen molar-refractivity contribution in [2.24, 2.45) is 0 Å². The third-order valence-corrected chi connectivity index (χ3v) is 4.38. The zero-order valence-corrected chi connectivity index (χ0v) is 12.8. The monoisotopic (exact) mass is 359 g/mol. The number of hydrogen-bond donors (Lipinski definition) is 1. The van der Waals surface area contributed by atoms with Gasteiger partial charge in [0.25, 0.3) is 0 Å². The van der Waals surface area contributed by atoms with Crippen molar-refractivity contribution in [3.05, 3.63) is 28.2 Å². The van der Waals surface area contributed by atoms with Crippen molar-refractivity contribution in [1.82, 2.24) is 14.9 Å². The van der Waals surface area contributed by atoms with Crippen molar-refractivity contribution in [1.29, 1.82) is 0 Å². The van der Waals surface area contributed by atoms with Crippen LogP contribution in [0.25, 0.3) is 11.0 Å². The molecule has 2 heterocycles. The molecule has 1 aromatic carbocycles. The van der Waals surface area contributed by atoms with Crippen LogP contribution in [-0.4, -0.2) is 22.0 Å². The van der Waals surface area contributed by atoms with E-state index in [0.717, 1.165) is 11.9 Å². The van der Waals surface area contributed by atoms with E-state index in [0.29, 0.717) is 28.8 Å². The number of nitrogens with zero attached hydrogens (tertiary/aromatic N) is 2. The number of halogens is 3. The Hall–Kier alpha value is -1.14. The molecule has 1 amide bonds. The highest BCUT2D eigenvalue weighted by Gasteiger charge is 2.24. The van der Waals surface area contributed by atoms with E-state index in [4.69, 9.17) is 11.6 Å². The molecule has 1 aromatic heterocycles. The van der Waals surface area contributed by atoms with Gasteiger partial charge in [-0.2, -0.15) is 0 Å². The van der Waals surface area contributed by atoms with Crippen LogP contribution in [0.1, 0.15) is 24.7 Å². The fourth-order valence-corrected chi connectivity index (χ4v) is 3.10. The SMILES string of the molecule is O=C1CCC(n2c(CCl)nc3cc(F)c(Br)cc32)CN1. The Morgan fingerprint density at radius 2 is 2.35 bits per heavy atom. The van der Waals surface area contributed by atoms with E-state index < -0.39 is 0 Å². The number of hydrogen-bond acceptors (Lipinski definition) is 2. The number of carbonyl (C=O) groups is 1. The van der Waals surface area contributed by atoms with Crippen LogP contribution >= 0.6 is 27.5 Å². The Morgan fingerprint density at radius 1 is 1.55 bits per heavy atom. The quantitative estimate of drug-likeness (QED) is 0.837. The molecule has 2 aromatic rings. The number of rotatable bonds is 2. The average Bonchev–Trinajstić information content (AvgIpc) is 2.78. The number of benzene rings is 1. The summed E-state index contributed by atoms with van der Waals surface area (Å²) in [6, 6.07) is 3.21. The highest BCUT2D eigenvalue weighted by atomic mass is 79.9. The Kier molecular flexibility index (Phi) is 3.69. The van der Waals surface area contributed by atoms with Gasteiger partial charge in [-0.25, -0.2) is 9.37 Å². The lowest BCUT2D eigenvalue weighted by Gasteiger charge is -2.25. The minimum atomic E-state index is -0.347. The van der Waals surface area contributed by atoms with Gasteiger partial charge in [-0.05, 0) is 28.4 Å². The van der Waals surface area contributed by atoms with E-state index in [1.165, 1.54) is 6.07 Å². The first-order valence-electron chi connectivity index (χ1n) is 6.28. The third-order valence-electron chi connectivity index (χ3n) is 3.53. The van der Waals surface area contributed by atoms with Gasteiger partial charge in [0.1, 0.15) is 11.6 Å². The van der Waals surface area contributed by atoms with Crippen LogP contribution in [0.5, 0.6) is 0 Å². The number of alkyl halides is 1. The molecule has 1 fully saturated rings. The molecule has 20 heavy (non-hydrogen) atoms. The Bertz CT molecular complexity index is 678. The van der Waals surface area contributed by atoms with Crippen LogP contribution in [0, 0.1) is 5.82 Å². The summed E-state index contributed by atoms with van der Waals surface area (Å²) >= 11 is 9.15. The second kappa shape index (κ2) is 5.33. The van der Waals surface area contributed by atoms with Gasteiger partial charge in [-0.15, -0.1) is 11.6 Å². The van der Waals surface area contributed by atoms with Crippen molar-refractivity contribution in [3.63, 3.8) is 0 Å². The number of fused-ring (bicyclic) bond motifs is 1. The summed E-state index contributed by atoms with van der Waals surface area (Å²) in [5, 5.41) is 2.85. The summed E-state index contributed by atoms with van der Waals surface area (Å²) in [4.78, 5) is 15.7. The maximum Gasteiger partial charge on any atom is 0.220 e. The smallest absolute Gasteiger partial charge is 0.220 e. The Balaban J connectivity index is 2.12. The first-order valence-corrected chi connectivity index (χ1v) is 7.61. The number of amides is 1. The van der Waals surface area contributed by atoms with Gasteiger partial charge in [0.05, 0.1) is 27.4 Å². The van der Waals surface area contributed by atoms with E-state index in [1.54, 1.807) is 6.07 Å². The maximum absolute atomic E-state index is 13.6. The average molecular weight is 361 g/mol. The molecule has 0 saturated carbocycles. The van der Waals surface area contributed by atoms with Crippen molar-refractivity contribution >= 4 is 44.5 Å². The maximum atomic E-state index is 13.6. The predicted octanol–water partition coefficient (Wildman–Crippen LogP) is 3.13. The fourth-order valence-electron chi connectivity index (χ4n) is 2.58. The van der Waals surface area contributed by atoms with Crippen LogP contribution in [0.2, 0.25) is 0 Å². The molecular weight excluding hydrogens is 349 g/mol. The van der Waals surface area contributed by atoms with E-state index >= 15 is 0 Å². The molecular formula is C13H12BrClFN3O. The standard InChI is InChI=1S/C13H12BrClFN3O/c14-8-3-11-10(4-9(8)16)18-12(5-15)19(11)7-1-2-13(20)17-6-7/h3-4,7H,1-2,5-6H2,(H,17,20).